The molecule has 2 rings (SSSR count). The molecule has 3 nitrogen and oxygen atoms in total. The van der Waals surface area contributed by atoms with Crippen molar-refractivity contribution in [2.45, 2.75) is 12.5 Å². The summed E-state index contributed by atoms with van der Waals surface area (Å²) < 4.78 is 18.7. The van der Waals surface area contributed by atoms with Gasteiger partial charge in [0, 0.05) is 5.02 Å². The maximum atomic E-state index is 13.1. The van der Waals surface area contributed by atoms with E-state index in [0.29, 0.717) is 23.8 Å². The molecule has 1 atom stereocenters. The lowest BCUT2D eigenvalue weighted by Crippen LogP contribution is -2.41. The van der Waals surface area contributed by atoms with Gasteiger partial charge in [-0.3, -0.25) is 11.3 Å². The fourth-order valence-corrected chi connectivity index (χ4v) is 2.17. The molecule has 0 radical (unpaired) electrons. The monoisotopic (exact) mass is 328 g/mol. The quantitative estimate of drug-likeness (QED) is 0.629. The summed E-state index contributed by atoms with van der Waals surface area (Å²) >= 11 is 11.6. The van der Waals surface area contributed by atoms with Crippen molar-refractivity contribution in [1.82, 2.24) is 5.43 Å². The van der Waals surface area contributed by atoms with Crippen LogP contribution in [0.3, 0.4) is 0 Å². The Labute approximate surface area is 132 Å². The molecule has 21 heavy (non-hydrogen) atoms. The molecule has 112 valence electrons. The summed E-state index contributed by atoms with van der Waals surface area (Å²) in [6, 6.07) is 11.5. The number of halogens is 3. The first-order valence-corrected chi connectivity index (χ1v) is 7.12. The van der Waals surface area contributed by atoms with E-state index >= 15 is 0 Å². The second kappa shape index (κ2) is 7.61. The predicted octanol–water partition coefficient (Wildman–Crippen LogP) is 3.59. The molecule has 0 aliphatic heterocycles. The van der Waals surface area contributed by atoms with Crippen molar-refractivity contribution in [3.63, 3.8) is 0 Å². The summed E-state index contributed by atoms with van der Waals surface area (Å²) in [4.78, 5) is 0. The number of ether oxygens (including phenoxy) is 1. The Balaban J connectivity index is 1.93. The van der Waals surface area contributed by atoms with Crippen molar-refractivity contribution < 1.29 is 9.13 Å². The van der Waals surface area contributed by atoms with Crippen molar-refractivity contribution in [1.29, 1.82) is 0 Å². The molecule has 1 unspecified atom stereocenters. The average molecular weight is 329 g/mol. The van der Waals surface area contributed by atoms with Crippen molar-refractivity contribution in [2.75, 3.05) is 6.61 Å². The molecule has 0 fully saturated rings. The molecule has 0 aromatic heterocycles. The van der Waals surface area contributed by atoms with Gasteiger partial charge in [-0.15, -0.1) is 0 Å². The van der Waals surface area contributed by atoms with Crippen LogP contribution in [0, 0.1) is 5.82 Å². The fourth-order valence-electron chi connectivity index (χ4n) is 1.84. The van der Waals surface area contributed by atoms with Crippen LogP contribution in [0.5, 0.6) is 5.75 Å². The number of hydrogen-bond acceptors (Lipinski definition) is 3. The average Bonchev–Trinajstić information content (AvgIpc) is 2.49. The number of rotatable bonds is 6. The number of nitrogens with two attached hydrogens (primary N) is 1. The Hall–Kier alpha value is -1.33. The molecule has 3 N–H and O–H groups in total. The summed E-state index contributed by atoms with van der Waals surface area (Å²) in [7, 11) is 0. The molecular formula is C15H15Cl2FN2O. The molecule has 0 aliphatic carbocycles. The van der Waals surface area contributed by atoms with Crippen molar-refractivity contribution in [3.05, 3.63) is 63.9 Å². The van der Waals surface area contributed by atoms with Crippen LogP contribution in [0.4, 0.5) is 4.39 Å². The Morgan fingerprint density at radius 2 is 1.86 bits per heavy atom. The Morgan fingerprint density at radius 3 is 2.48 bits per heavy atom. The maximum Gasteiger partial charge on any atom is 0.141 e. The first kappa shape index (κ1) is 16.0. The highest BCUT2D eigenvalue weighted by atomic mass is 35.5. The minimum absolute atomic E-state index is 0.0990. The van der Waals surface area contributed by atoms with Crippen LogP contribution in [0.1, 0.15) is 5.56 Å². The molecule has 6 heteroatoms. The summed E-state index contributed by atoms with van der Waals surface area (Å²) in [6.45, 7) is 0.368. The fraction of sp³-hybridized carbons (Fsp3) is 0.200. The van der Waals surface area contributed by atoms with Crippen molar-refractivity contribution in [3.8, 4) is 5.75 Å². The summed E-state index contributed by atoms with van der Waals surface area (Å²) in [5.74, 6) is 5.79. The zero-order valence-corrected chi connectivity index (χ0v) is 12.7. The molecule has 0 aliphatic rings. The first-order valence-electron chi connectivity index (χ1n) is 6.37. The minimum Gasteiger partial charge on any atom is -0.492 e. The lowest BCUT2D eigenvalue weighted by atomic mass is 10.1. The van der Waals surface area contributed by atoms with Gasteiger partial charge in [-0.2, -0.15) is 0 Å². The summed E-state index contributed by atoms with van der Waals surface area (Å²) in [6.07, 6.45) is 0.574. The highest BCUT2D eigenvalue weighted by Crippen LogP contribution is 2.18. The largest absolute Gasteiger partial charge is 0.492 e. The molecule has 0 spiro atoms. The van der Waals surface area contributed by atoms with E-state index in [0.717, 1.165) is 5.56 Å². The van der Waals surface area contributed by atoms with Crippen LogP contribution >= 0.6 is 23.2 Å². The van der Waals surface area contributed by atoms with E-state index in [-0.39, 0.29) is 11.1 Å². The van der Waals surface area contributed by atoms with Gasteiger partial charge in [-0.05, 0) is 48.4 Å². The molecule has 0 heterocycles. The van der Waals surface area contributed by atoms with Crippen molar-refractivity contribution >= 4 is 23.2 Å². The van der Waals surface area contributed by atoms with Gasteiger partial charge in [-0.25, -0.2) is 4.39 Å². The maximum absolute atomic E-state index is 13.1. The molecule has 0 saturated carbocycles. The second-order valence-electron chi connectivity index (χ2n) is 4.58. The Bertz CT molecular complexity index is 593. The van der Waals surface area contributed by atoms with Crippen LogP contribution in [0.15, 0.2) is 42.5 Å². The highest BCUT2D eigenvalue weighted by molar-refractivity contribution is 6.31. The number of hydrogen-bond donors (Lipinski definition) is 2. The predicted molar refractivity (Wildman–Crippen MR) is 83.2 cm³/mol. The third kappa shape index (κ3) is 4.86. The molecule has 0 saturated heterocycles. The van der Waals surface area contributed by atoms with Crippen LogP contribution in [0.2, 0.25) is 10.0 Å². The standard InChI is InChI=1S/C15H15Cl2FN2O/c16-11-2-4-13(5-3-11)21-9-12(20-19)7-10-1-6-15(18)14(17)8-10/h1-6,8,12,20H,7,9,19H2. The third-order valence-corrected chi connectivity index (χ3v) is 3.51. The van der Waals surface area contributed by atoms with Crippen LogP contribution < -0.4 is 16.0 Å². The number of hydrazine groups is 1. The van der Waals surface area contributed by atoms with Gasteiger partial charge >= 0.3 is 0 Å². The van der Waals surface area contributed by atoms with Gasteiger partial charge < -0.3 is 4.74 Å². The van der Waals surface area contributed by atoms with Crippen LogP contribution in [0.25, 0.3) is 0 Å². The van der Waals surface area contributed by atoms with Gasteiger partial charge in [0.05, 0.1) is 11.1 Å². The van der Waals surface area contributed by atoms with Crippen molar-refractivity contribution in [2.24, 2.45) is 5.84 Å². The van der Waals surface area contributed by atoms with Gasteiger partial charge in [0.2, 0.25) is 0 Å². The van der Waals surface area contributed by atoms with Gasteiger partial charge in [-0.1, -0.05) is 29.3 Å². The molecule has 2 aromatic carbocycles. The van der Waals surface area contributed by atoms with E-state index in [1.807, 2.05) is 0 Å². The minimum atomic E-state index is -0.435. The number of nitrogens with one attached hydrogen (secondary N) is 1. The van der Waals surface area contributed by atoms with Gasteiger partial charge in [0.1, 0.15) is 18.2 Å². The van der Waals surface area contributed by atoms with Crippen LogP contribution in [-0.4, -0.2) is 12.6 Å². The van der Waals surface area contributed by atoms with E-state index in [4.69, 9.17) is 33.8 Å². The molecule has 2 aromatic rings. The topological polar surface area (TPSA) is 47.3 Å². The SMILES string of the molecule is NNC(COc1ccc(Cl)cc1)Cc1ccc(F)c(Cl)c1. The highest BCUT2D eigenvalue weighted by Gasteiger charge is 2.10. The summed E-state index contributed by atoms with van der Waals surface area (Å²) in [5, 5.41) is 0.749. The molecule has 0 bridgehead atoms. The summed E-state index contributed by atoms with van der Waals surface area (Å²) in [5.41, 5.74) is 3.56. The Kier molecular flexibility index (Phi) is 5.82. The second-order valence-corrected chi connectivity index (χ2v) is 5.42. The third-order valence-electron chi connectivity index (χ3n) is 2.97. The van der Waals surface area contributed by atoms with E-state index < -0.39 is 5.82 Å². The van der Waals surface area contributed by atoms with E-state index in [1.54, 1.807) is 36.4 Å². The van der Waals surface area contributed by atoms with E-state index in [1.165, 1.54) is 6.07 Å². The first-order chi connectivity index (χ1) is 10.1. The van der Waals surface area contributed by atoms with Crippen LogP contribution in [-0.2, 0) is 6.42 Å². The molecular weight excluding hydrogens is 314 g/mol. The van der Waals surface area contributed by atoms with Gasteiger partial charge in [0.25, 0.3) is 0 Å². The van der Waals surface area contributed by atoms with E-state index in [9.17, 15) is 4.39 Å². The smallest absolute Gasteiger partial charge is 0.141 e. The lowest BCUT2D eigenvalue weighted by molar-refractivity contribution is 0.264. The van der Waals surface area contributed by atoms with E-state index in [2.05, 4.69) is 5.43 Å². The van der Waals surface area contributed by atoms with Gasteiger partial charge in [0.15, 0.2) is 0 Å². The lowest BCUT2D eigenvalue weighted by Gasteiger charge is -2.17. The Morgan fingerprint density at radius 1 is 1.14 bits per heavy atom. The zero-order valence-electron chi connectivity index (χ0n) is 11.2. The number of benzene rings is 2. The zero-order chi connectivity index (χ0) is 15.2. The normalized spacial score (nSPS) is 12.2. The molecule has 0 amide bonds.